The molecule has 6 heteroatoms. The maximum absolute atomic E-state index is 13.5. The molecule has 1 unspecified atom stereocenters. The molecular formula is C23H27ClN4O. The first-order valence-corrected chi connectivity index (χ1v) is 10.6. The fraction of sp³-hybridized carbons (Fsp3) is 0.391. The molecule has 0 saturated carbocycles. The van der Waals surface area contributed by atoms with Crippen LogP contribution < -0.4 is 0 Å². The van der Waals surface area contributed by atoms with Gasteiger partial charge < -0.3 is 9.88 Å². The van der Waals surface area contributed by atoms with E-state index in [1.807, 2.05) is 25.2 Å². The van der Waals surface area contributed by atoms with Gasteiger partial charge in [0.25, 0.3) is 0 Å². The Balaban J connectivity index is 1.57. The van der Waals surface area contributed by atoms with Crippen molar-refractivity contribution in [3.8, 4) is 0 Å². The van der Waals surface area contributed by atoms with Crippen molar-refractivity contribution in [2.75, 3.05) is 20.1 Å². The first-order chi connectivity index (χ1) is 14.0. The zero-order valence-corrected chi connectivity index (χ0v) is 17.7. The Morgan fingerprint density at radius 2 is 1.90 bits per heavy atom. The number of hydrogen-bond donors (Lipinski definition) is 1. The number of carbonyl (C=O) groups is 1. The lowest BCUT2D eigenvalue weighted by Crippen LogP contribution is -2.43. The highest BCUT2D eigenvalue weighted by Crippen LogP contribution is 2.27. The number of imidazole rings is 1. The molecule has 1 fully saturated rings. The maximum Gasteiger partial charge on any atom is 0.244 e. The molecule has 1 atom stereocenters. The molecule has 1 aliphatic rings. The summed E-state index contributed by atoms with van der Waals surface area (Å²) in [5.74, 6) is 0.869. The van der Waals surface area contributed by atoms with Gasteiger partial charge in [-0.05, 0) is 56.6 Å². The molecule has 0 bridgehead atoms. The van der Waals surface area contributed by atoms with Gasteiger partial charge in [-0.2, -0.15) is 0 Å². The molecule has 4 rings (SSSR count). The van der Waals surface area contributed by atoms with Gasteiger partial charge >= 0.3 is 0 Å². The minimum atomic E-state index is -0.250. The summed E-state index contributed by atoms with van der Waals surface area (Å²) in [7, 11) is 1.85. The van der Waals surface area contributed by atoms with Gasteiger partial charge in [0, 0.05) is 12.1 Å². The third-order valence-corrected chi connectivity index (χ3v) is 5.87. The van der Waals surface area contributed by atoms with Crippen molar-refractivity contribution in [1.29, 1.82) is 0 Å². The van der Waals surface area contributed by atoms with Gasteiger partial charge in [0.1, 0.15) is 11.9 Å². The van der Waals surface area contributed by atoms with Crippen LogP contribution >= 0.6 is 11.6 Å². The maximum atomic E-state index is 13.5. The summed E-state index contributed by atoms with van der Waals surface area (Å²) in [5.41, 5.74) is 4.01. The second-order valence-corrected chi connectivity index (χ2v) is 8.39. The summed E-state index contributed by atoms with van der Waals surface area (Å²) in [6.45, 7) is 4.42. The first-order valence-electron chi connectivity index (χ1n) is 10.2. The number of halogens is 1. The van der Waals surface area contributed by atoms with Crippen LogP contribution in [0.5, 0.6) is 0 Å². The summed E-state index contributed by atoms with van der Waals surface area (Å²) in [6, 6.07) is 13.7. The summed E-state index contributed by atoms with van der Waals surface area (Å²) in [5, 5.41) is 0.668. The van der Waals surface area contributed by atoms with Crippen LogP contribution in [-0.2, 0) is 11.3 Å². The molecule has 5 nitrogen and oxygen atoms in total. The minimum Gasteiger partial charge on any atom is -0.340 e. The Labute approximate surface area is 176 Å². The lowest BCUT2D eigenvalue weighted by atomic mass is 9.99. The fourth-order valence-electron chi connectivity index (χ4n) is 4.06. The molecule has 0 aliphatic carbocycles. The predicted octanol–water partition coefficient (Wildman–Crippen LogP) is 4.71. The summed E-state index contributed by atoms with van der Waals surface area (Å²) in [6.07, 6.45) is 3.52. The highest BCUT2D eigenvalue weighted by Gasteiger charge is 2.31. The summed E-state index contributed by atoms with van der Waals surface area (Å²) >= 11 is 6.07. The highest BCUT2D eigenvalue weighted by molar-refractivity contribution is 6.31. The van der Waals surface area contributed by atoms with Crippen molar-refractivity contribution in [2.45, 2.75) is 38.8 Å². The van der Waals surface area contributed by atoms with E-state index < -0.39 is 0 Å². The van der Waals surface area contributed by atoms with Crippen molar-refractivity contribution >= 4 is 28.5 Å². The molecule has 1 amide bonds. The van der Waals surface area contributed by atoms with E-state index in [0.29, 0.717) is 11.6 Å². The number of likely N-dealkylation sites (tertiary alicyclic amines) is 1. The van der Waals surface area contributed by atoms with Gasteiger partial charge in [0.15, 0.2) is 0 Å². The highest BCUT2D eigenvalue weighted by atomic mass is 35.5. The SMILES string of the molecule is Cc1ccc(C(C(=O)N(C)Cc2nc3ccc(Cl)cc3[nH]2)N2CCCCC2)cc1. The predicted molar refractivity (Wildman–Crippen MR) is 117 cm³/mol. The minimum absolute atomic E-state index is 0.106. The van der Waals surface area contributed by atoms with Crippen LogP contribution in [-0.4, -0.2) is 45.8 Å². The van der Waals surface area contributed by atoms with E-state index in [1.54, 1.807) is 4.90 Å². The lowest BCUT2D eigenvalue weighted by molar-refractivity contribution is -0.137. The van der Waals surface area contributed by atoms with Crippen LogP contribution in [0.15, 0.2) is 42.5 Å². The van der Waals surface area contributed by atoms with Gasteiger partial charge in [0.05, 0.1) is 17.6 Å². The molecule has 29 heavy (non-hydrogen) atoms. The number of fused-ring (bicyclic) bond motifs is 1. The second-order valence-electron chi connectivity index (χ2n) is 7.95. The number of aryl methyl sites for hydroxylation is 1. The van der Waals surface area contributed by atoms with Crippen molar-refractivity contribution < 1.29 is 4.79 Å². The normalized spacial score (nSPS) is 16.1. The number of piperidine rings is 1. The number of hydrogen-bond acceptors (Lipinski definition) is 3. The smallest absolute Gasteiger partial charge is 0.244 e. The topological polar surface area (TPSA) is 52.2 Å². The molecule has 1 N–H and O–H groups in total. The molecule has 1 aliphatic heterocycles. The van der Waals surface area contributed by atoms with Crippen molar-refractivity contribution in [3.05, 3.63) is 64.4 Å². The quantitative estimate of drug-likeness (QED) is 0.662. The largest absolute Gasteiger partial charge is 0.340 e. The molecular weight excluding hydrogens is 384 g/mol. The number of nitrogens with one attached hydrogen (secondary N) is 1. The zero-order chi connectivity index (χ0) is 20.4. The molecule has 3 aromatic rings. The van der Waals surface area contributed by atoms with Crippen LogP contribution in [0.3, 0.4) is 0 Å². The lowest BCUT2D eigenvalue weighted by Gasteiger charge is -2.36. The van der Waals surface area contributed by atoms with Gasteiger partial charge in [-0.25, -0.2) is 4.98 Å². The summed E-state index contributed by atoms with van der Waals surface area (Å²) in [4.78, 5) is 25.5. The van der Waals surface area contributed by atoms with E-state index in [1.165, 1.54) is 12.0 Å². The van der Waals surface area contributed by atoms with Crippen molar-refractivity contribution in [3.63, 3.8) is 0 Å². The zero-order valence-electron chi connectivity index (χ0n) is 17.0. The number of H-pyrrole nitrogens is 1. The van der Waals surface area contributed by atoms with E-state index in [9.17, 15) is 4.79 Å². The van der Waals surface area contributed by atoms with Crippen LogP contribution in [0.4, 0.5) is 0 Å². The Morgan fingerprint density at radius 1 is 1.17 bits per heavy atom. The first kappa shape index (κ1) is 19.9. The van der Waals surface area contributed by atoms with Gasteiger partial charge in [-0.15, -0.1) is 0 Å². The van der Waals surface area contributed by atoms with E-state index >= 15 is 0 Å². The molecule has 2 heterocycles. The van der Waals surface area contributed by atoms with E-state index in [0.717, 1.165) is 48.4 Å². The number of amides is 1. The van der Waals surface area contributed by atoms with Crippen LogP contribution in [0, 0.1) is 6.92 Å². The Bertz CT molecular complexity index is 992. The number of nitrogens with zero attached hydrogens (tertiary/aromatic N) is 3. The number of likely N-dealkylation sites (N-methyl/N-ethyl adjacent to an activating group) is 1. The standard InChI is InChI=1S/C23H27ClN4O/c1-16-6-8-17(9-7-16)22(28-12-4-3-5-13-28)23(29)27(2)15-21-25-19-11-10-18(24)14-20(19)26-21/h6-11,14,22H,3-5,12-13,15H2,1-2H3,(H,25,26). The number of aromatic amines is 1. The van der Waals surface area contributed by atoms with E-state index in [2.05, 4.69) is 46.1 Å². The van der Waals surface area contributed by atoms with E-state index in [-0.39, 0.29) is 11.9 Å². The third-order valence-electron chi connectivity index (χ3n) is 5.64. The van der Waals surface area contributed by atoms with Gasteiger partial charge in [0.2, 0.25) is 5.91 Å². The van der Waals surface area contributed by atoms with Crippen LogP contribution in [0.1, 0.15) is 42.3 Å². The van der Waals surface area contributed by atoms with Crippen LogP contribution in [0.2, 0.25) is 5.02 Å². The average molecular weight is 411 g/mol. The Morgan fingerprint density at radius 3 is 2.62 bits per heavy atom. The monoisotopic (exact) mass is 410 g/mol. The number of benzene rings is 2. The number of rotatable bonds is 5. The van der Waals surface area contributed by atoms with Gasteiger partial charge in [-0.1, -0.05) is 47.9 Å². The molecule has 2 aromatic carbocycles. The molecule has 0 radical (unpaired) electrons. The molecule has 152 valence electrons. The van der Waals surface area contributed by atoms with Crippen molar-refractivity contribution in [2.24, 2.45) is 0 Å². The van der Waals surface area contributed by atoms with Crippen LogP contribution in [0.25, 0.3) is 11.0 Å². The summed E-state index contributed by atoms with van der Waals surface area (Å²) < 4.78 is 0. The number of carbonyl (C=O) groups excluding carboxylic acids is 1. The third kappa shape index (κ3) is 4.46. The molecule has 0 spiro atoms. The van der Waals surface area contributed by atoms with E-state index in [4.69, 9.17) is 11.6 Å². The fourth-order valence-corrected chi connectivity index (χ4v) is 4.23. The Hall–Kier alpha value is -2.37. The molecule has 1 saturated heterocycles. The van der Waals surface area contributed by atoms with Crippen molar-refractivity contribution in [1.82, 2.24) is 19.8 Å². The Kier molecular flexibility index (Phi) is 5.88. The van der Waals surface area contributed by atoms with Gasteiger partial charge in [-0.3, -0.25) is 9.69 Å². The number of aromatic nitrogens is 2. The second kappa shape index (κ2) is 8.56. The molecule has 1 aromatic heterocycles. The average Bonchev–Trinajstić information content (AvgIpc) is 3.11.